The van der Waals surface area contributed by atoms with E-state index >= 15 is 0 Å². The average molecular weight is 411 g/mol. The van der Waals surface area contributed by atoms with E-state index in [-0.39, 0.29) is 11.7 Å². The van der Waals surface area contributed by atoms with Crippen LogP contribution < -0.4 is 5.32 Å². The molecule has 6 heteroatoms. The van der Waals surface area contributed by atoms with Crippen molar-refractivity contribution in [1.29, 1.82) is 0 Å². The van der Waals surface area contributed by atoms with Crippen LogP contribution in [0.1, 0.15) is 27.4 Å². The van der Waals surface area contributed by atoms with Crippen LogP contribution in [0.3, 0.4) is 0 Å². The molecule has 6 nitrogen and oxygen atoms in total. The first-order valence-corrected chi connectivity index (χ1v) is 9.89. The molecule has 31 heavy (non-hydrogen) atoms. The number of hydrogen-bond acceptors (Lipinski definition) is 4. The lowest BCUT2D eigenvalue weighted by Gasteiger charge is -2.04. The van der Waals surface area contributed by atoms with Gasteiger partial charge >= 0.3 is 0 Å². The molecule has 0 saturated carbocycles. The second-order valence-electron chi connectivity index (χ2n) is 6.76. The van der Waals surface area contributed by atoms with Gasteiger partial charge in [-0.25, -0.2) is 0 Å². The van der Waals surface area contributed by atoms with Gasteiger partial charge < -0.3 is 14.5 Å². The number of ether oxygens (including phenoxy) is 1. The molecule has 1 N–H and O–H groups in total. The third-order valence-corrected chi connectivity index (χ3v) is 4.40. The molecule has 1 amide bonds. The zero-order valence-corrected chi connectivity index (χ0v) is 16.8. The molecule has 0 radical (unpaired) electrons. The normalized spacial score (nSPS) is 10.3. The molecule has 0 fully saturated rings. The van der Waals surface area contributed by atoms with E-state index in [0.717, 1.165) is 11.1 Å². The number of rotatable bonds is 7. The Labute approximate surface area is 180 Å². The van der Waals surface area contributed by atoms with Gasteiger partial charge in [-0.2, -0.15) is 5.10 Å². The van der Waals surface area contributed by atoms with Gasteiger partial charge in [-0.05, 0) is 35.7 Å². The number of benzene rings is 2. The third-order valence-electron chi connectivity index (χ3n) is 4.40. The van der Waals surface area contributed by atoms with E-state index in [1.54, 1.807) is 29.2 Å². The van der Waals surface area contributed by atoms with Gasteiger partial charge in [0.1, 0.15) is 0 Å². The zero-order valence-electron chi connectivity index (χ0n) is 16.8. The minimum absolute atomic E-state index is 0.191. The van der Waals surface area contributed by atoms with Crippen LogP contribution in [-0.2, 0) is 17.9 Å². The van der Waals surface area contributed by atoms with Crippen molar-refractivity contribution in [3.8, 4) is 11.8 Å². The number of hydrogen-bond donors (Lipinski definition) is 1. The largest absolute Gasteiger partial charge is 0.443 e. The molecular weight excluding hydrogens is 390 g/mol. The predicted molar refractivity (Wildman–Crippen MR) is 117 cm³/mol. The molecule has 2 heterocycles. The summed E-state index contributed by atoms with van der Waals surface area (Å²) >= 11 is 0. The van der Waals surface area contributed by atoms with Gasteiger partial charge in [0, 0.05) is 11.8 Å². The average Bonchev–Trinajstić information content (AvgIpc) is 3.46. The number of furan rings is 1. The van der Waals surface area contributed by atoms with Crippen LogP contribution >= 0.6 is 0 Å². The van der Waals surface area contributed by atoms with Crippen molar-refractivity contribution in [2.24, 2.45) is 0 Å². The Hall–Kier alpha value is -4.08. The molecule has 4 rings (SSSR count). The van der Waals surface area contributed by atoms with E-state index in [2.05, 4.69) is 22.3 Å². The molecule has 0 aliphatic heterocycles. The molecule has 2 aromatic heterocycles. The van der Waals surface area contributed by atoms with E-state index < -0.39 is 0 Å². The van der Waals surface area contributed by atoms with Crippen LogP contribution in [0.4, 0.5) is 5.69 Å². The second-order valence-corrected chi connectivity index (χ2v) is 6.76. The van der Waals surface area contributed by atoms with Crippen LogP contribution in [0.15, 0.2) is 89.6 Å². The zero-order chi connectivity index (χ0) is 21.3. The van der Waals surface area contributed by atoms with Crippen LogP contribution in [0.25, 0.3) is 0 Å². The van der Waals surface area contributed by atoms with Gasteiger partial charge in [0.2, 0.25) is 0 Å². The summed E-state index contributed by atoms with van der Waals surface area (Å²) in [6.07, 6.45) is 3.34. The molecule has 0 aliphatic carbocycles. The molecular formula is C25H21N3O3. The molecule has 0 saturated heterocycles. The summed E-state index contributed by atoms with van der Waals surface area (Å²) in [7, 11) is 0. The van der Waals surface area contributed by atoms with Crippen molar-refractivity contribution in [2.45, 2.75) is 13.2 Å². The van der Waals surface area contributed by atoms with Crippen molar-refractivity contribution >= 4 is 11.6 Å². The number of carbonyl (C=O) groups is 1. The molecule has 0 aliphatic rings. The van der Waals surface area contributed by atoms with E-state index in [9.17, 15) is 4.79 Å². The Morgan fingerprint density at radius 3 is 2.58 bits per heavy atom. The maximum atomic E-state index is 12.4. The summed E-state index contributed by atoms with van der Waals surface area (Å²) < 4.78 is 12.9. The SMILES string of the molecule is O=C(Nc1cnn(CCOCc2ccccc2)c1)c1ccc(C#Cc2ccccc2)o1. The monoisotopic (exact) mass is 411 g/mol. The van der Waals surface area contributed by atoms with Gasteiger partial charge in [-0.15, -0.1) is 0 Å². The molecule has 0 unspecified atom stereocenters. The lowest BCUT2D eigenvalue weighted by Crippen LogP contribution is -2.10. The first kappa shape index (κ1) is 20.2. The number of aromatic nitrogens is 2. The summed E-state index contributed by atoms with van der Waals surface area (Å²) in [4.78, 5) is 12.4. The number of nitrogens with one attached hydrogen (secondary N) is 1. The fourth-order valence-corrected chi connectivity index (χ4v) is 2.85. The second kappa shape index (κ2) is 10.1. The smallest absolute Gasteiger partial charge is 0.291 e. The minimum Gasteiger partial charge on any atom is -0.443 e. The predicted octanol–water partition coefficient (Wildman–Crippen LogP) is 4.35. The van der Waals surface area contributed by atoms with Gasteiger partial charge in [0.15, 0.2) is 11.5 Å². The van der Waals surface area contributed by atoms with Crippen LogP contribution in [0.2, 0.25) is 0 Å². The molecule has 0 atom stereocenters. The van der Waals surface area contributed by atoms with Crippen LogP contribution in [-0.4, -0.2) is 22.3 Å². The van der Waals surface area contributed by atoms with Gasteiger partial charge in [-0.1, -0.05) is 54.5 Å². The number of amides is 1. The van der Waals surface area contributed by atoms with Gasteiger partial charge in [-0.3, -0.25) is 9.48 Å². The number of nitrogens with zero attached hydrogens (tertiary/aromatic N) is 2. The molecule has 0 bridgehead atoms. The van der Waals surface area contributed by atoms with Gasteiger partial charge in [0.25, 0.3) is 5.91 Å². The van der Waals surface area contributed by atoms with Crippen LogP contribution in [0, 0.1) is 11.8 Å². The standard InChI is InChI=1S/C25H21N3O3/c29-25(24-14-13-23(31-24)12-11-20-7-3-1-4-8-20)27-22-17-26-28(18-22)15-16-30-19-21-9-5-2-6-10-21/h1-10,13-14,17-18H,15-16,19H2,(H,27,29). The summed E-state index contributed by atoms with van der Waals surface area (Å²) in [5, 5.41) is 7.02. The summed E-state index contributed by atoms with van der Waals surface area (Å²) in [6.45, 7) is 1.66. The quantitative estimate of drug-likeness (QED) is 0.363. The van der Waals surface area contributed by atoms with E-state index in [4.69, 9.17) is 9.15 Å². The van der Waals surface area contributed by atoms with E-state index in [1.807, 2.05) is 60.7 Å². The van der Waals surface area contributed by atoms with Crippen molar-refractivity contribution in [2.75, 3.05) is 11.9 Å². The topological polar surface area (TPSA) is 69.3 Å². The Morgan fingerprint density at radius 2 is 1.77 bits per heavy atom. The highest BCUT2D eigenvalue weighted by Crippen LogP contribution is 2.12. The Bertz CT molecular complexity index is 1180. The highest BCUT2D eigenvalue weighted by Gasteiger charge is 2.12. The van der Waals surface area contributed by atoms with Crippen molar-refractivity contribution in [1.82, 2.24) is 9.78 Å². The Balaban J connectivity index is 1.26. The first-order valence-electron chi connectivity index (χ1n) is 9.89. The maximum absolute atomic E-state index is 12.4. The Kier molecular flexibility index (Phi) is 6.58. The van der Waals surface area contributed by atoms with Crippen molar-refractivity contribution < 1.29 is 13.9 Å². The number of anilines is 1. The highest BCUT2D eigenvalue weighted by atomic mass is 16.5. The highest BCUT2D eigenvalue weighted by molar-refractivity contribution is 6.02. The summed E-state index contributed by atoms with van der Waals surface area (Å²) in [5.74, 6) is 6.19. The van der Waals surface area contributed by atoms with Crippen molar-refractivity contribution in [3.05, 3.63) is 108 Å². The van der Waals surface area contributed by atoms with E-state index in [1.165, 1.54) is 0 Å². The Morgan fingerprint density at radius 1 is 1.00 bits per heavy atom. The molecule has 154 valence electrons. The molecule has 2 aromatic carbocycles. The molecule has 0 spiro atoms. The van der Waals surface area contributed by atoms with Crippen molar-refractivity contribution in [3.63, 3.8) is 0 Å². The lowest BCUT2D eigenvalue weighted by molar-refractivity contribution is 0.0996. The van der Waals surface area contributed by atoms with E-state index in [0.29, 0.717) is 31.2 Å². The fraction of sp³-hybridized carbons (Fsp3) is 0.120. The van der Waals surface area contributed by atoms with Gasteiger partial charge in [0.05, 0.1) is 31.6 Å². The third kappa shape index (κ3) is 5.95. The minimum atomic E-state index is -0.354. The lowest BCUT2D eigenvalue weighted by atomic mass is 10.2. The number of carbonyl (C=O) groups excluding carboxylic acids is 1. The maximum Gasteiger partial charge on any atom is 0.291 e. The summed E-state index contributed by atoms with van der Waals surface area (Å²) in [5.41, 5.74) is 2.59. The fourth-order valence-electron chi connectivity index (χ4n) is 2.85. The molecule has 4 aromatic rings. The summed E-state index contributed by atoms with van der Waals surface area (Å²) in [6, 6.07) is 22.9. The first-order chi connectivity index (χ1) is 15.3. The van der Waals surface area contributed by atoms with Crippen LogP contribution in [0.5, 0.6) is 0 Å².